The number of nitrogens with one attached hydrogen (secondary N) is 1. The quantitative estimate of drug-likeness (QED) is 0.471. The Morgan fingerprint density at radius 2 is 1.78 bits per heavy atom. The molecule has 2 heterocycles. The van der Waals surface area contributed by atoms with Gasteiger partial charge in [0, 0.05) is 0 Å². The van der Waals surface area contributed by atoms with Crippen molar-refractivity contribution in [1.29, 1.82) is 0 Å². The molecule has 3 rings (SSSR count). The maximum absolute atomic E-state index is 12.9. The molecule has 1 N–H and O–H groups in total. The van der Waals surface area contributed by atoms with Crippen LogP contribution in [0.25, 0.3) is 0 Å². The number of hydrogen-bond acceptors (Lipinski definition) is 6. The van der Waals surface area contributed by atoms with E-state index >= 15 is 0 Å². The third-order valence-electron chi connectivity index (χ3n) is 3.54. The maximum Gasteiger partial charge on any atom is 0.255 e. The number of sulfonamides is 1. The van der Waals surface area contributed by atoms with Crippen LogP contribution in [0.2, 0.25) is 0 Å². The summed E-state index contributed by atoms with van der Waals surface area (Å²) in [5.41, 5.74) is 2.29. The molecule has 3 aromatic rings. The highest BCUT2D eigenvalue weighted by molar-refractivity contribution is 7.89. The van der Waals surface area contributed by atoms with Gasteiger partial charge in [-0.05, 0) is 36.4 Å². The molecule has 9 heteroatoms. The predicted molar refractivity (Wildman–Crippen MR) is 97.2 cm³/mol. The first-order valence-corrected chi connectivity index (χ1v) is 9.43. The zero-order valence-corrected chi connectivity index (χ0v) is 15.0. The molecule has 0 aliphatic carbocycles. The number of nitrogens with zero attached hydrogens (tertiary/aromatic N) is 2. The van der Waals surface area contributed by atoms with E-state index in [0.29, 0.717) is 11.5 Å². The van der Waals surface area contributed by atoms with Gasteiger partial charge in [0.25, 0.3) is 5.91 Å². The molecule has 0 unspecified atom stereocenters. The van der Waals surface area contributed by atoms with Gasteiger partial charge in [0.2, 0.25) is 10.0 Å². The van der Waals surface area contributed by atoms with Crippen LogP contribution in [0, 0.1) is 0 Å². The molecule has 0 spiro atoms. The van der Waals surface area contributed by atoms with Crippen LogP contribution >= 0.6 is 0 Å². The number of carbonyl (C=O) groups excluding carboxylic acids is 1. The topological polar surface area (TPSA) is 105 Å². The summed E-state index contributed by atoms with van der Waals surface area (Å²) in [6.07, 6.45) is 4.23. The second-order valence-corrected chi connectivity index (χ2v) is 7.41. The van der Waals surface area contributed by atoms with Crippen molar-refractivity contribution in [3.8, 4) is 0 Å². The Kier molecular flexibility index (Phi) is 5.84. The Bertz CT molecular complexity index is 981. The minimum Gasteiger partial charge on any atom is -0.468 e. The van der Waals surface area contributed by atoms with E-state index in [9.17, 15) is 13.2 Å². The number of carbonyl (C=O) groups is 1. The fourth-order valence-electron chi connectivity index (χ4n) is 2.27. The Morgan fingerprint density at radius 3 is 2.44 bits per heavy atom. The van der Waals surface area contributed by atoms with Crippen LogP contribution in [0.3, 0.4) is 0 Å². The molecule has 0 radical (unpaired) electrons. The van der Waals surface area contributed by atoms with E-state index in [1.54, 1.807) is 42.5 Å². The second kappa shape index (κ2) is 8.47. The van der Waals surface area contributed by atoms with Gasteiger partial charge in [-0.2, -0.15) is 9.41 Å². The highest BCUT2D eigenvalue weighted by atomic mass is 32.2. The largest absolute Gasteiger partial charge is 0.468 e. The highest BCUT2D eigenvalue weighted by Gasteiger charge is 2.27. The number of benzene rings is 1. The Labute approximate surface area is 156 Å². The lowest BCUT2D eigenvalue weighted by atomic mass is 10.4. The Hall–Kier alpha value is -3.17. The molecule has 0 saturated carbocycles. The predicted octanol–water partition coefficient (Wildman–Crippen LogP) is 2.21. The van der Waals surface area contributed by atoms with Crippen molar-refractivity contribution >= 4 is 22.1 Å². The standard InChI is InChI=1S/C18H17N3O5S/c22-18(20-19-12-15-6-4-10-25-15)14-21(13-16-7-5-11-26-16)27(23,24)17-8-2-1-3-9-17/h1-12H,13-14H2,(H,20,22). The van der Waals surface area contributed by atoms with Crippen LogP contribution in [-0.4, -0.2) is 31.4 Å². The average Bonchev–Trinajstić information content (AvgIpc) is 3.36. The van der Waals surface area contributed by atoms with E-state index in [0.717, 1.165) is 4.31 Å². The van der Waals surface area contributed by atoms with Crippen molar-refractivity contribution in [2.45, 2.75) is 11.4 Å². The van der Waals surface area contributed by atoms with E-state index in [4.69, 9.17) is 8.83 Å². The summed E-state index contributed by atoms with van der Waals surface area (Å²) in [5.74, 6) is 0.282. The van der Waals surface area contributed by atoms with Gasteiger partial charge in [-0.25, -0.2) is 13.8 Å². The normalized spacial score (nSPS) is 11.9. The summed E-state index contributed by atoms with van der Waals surface area (Å²) in [6.45, 7) is -0.507. The van der Waals surface area contributed by atoms with Crippen LogP contribution in [0.1, 0.15) is 11.5 Å². The summed E-state index contributed by atoms with van der Waals surface area (Å²) in [6, 6.07) is 14.5. The van der Waals surface area contributed by atoms with Gasteiger partial charge in [0.15, 0.2) is 0 Å². The number of amides is 1. The molecule has 140 valence electrons. The first-order valence-electron chi connectivity index (χ1n) is 7.99. The molecular formula is C18H17N3O5S. The maximum atomic E-state index is 12.9. The van der Waals surface area contributed by atoms with Crippen molar-refractivity contribution in [3.05, 3.63) is 78.6 Å². The monoisotopic (exact) mass is 387 g/mol. The summed E-state index contributed by atoms with van der Waals surface area (Å²) in [7, 11) is -3.90. The lowest BCUT2D eigenvalue weighted by molar-refractivity contribution is -0.121. The first kappa shape index (κ1) is 18.6. The molecule has 0 saturated heterocycles. The number of furan rings is 2. The fraction of sp³-hybridized carbons (Fsp3) is 0.111. The molecule has 0 aliphatic rings. The van der Waals surface area contributed by atoms with E-state index in [2.05, 4.69) is 10.5 Å². The van der Waals surface area contributed by atoms with Gasteiger partial charge in [-0.15, -0.1) is 0 Å². The SMILES string of the molecule is O=C(CN(Cc1ccco1)S(=O)(=O)c1ccccc1)NN=Cc1ccco1. The van der Waals surface area contributed by atoms with Gasteiger partial charge < -0.3 is 8.83 Å². The average molecular weight is 387 g/mol. The second-order valence-electron chi connectivity index (χ2n) is 5.47. The van der Waals surface area contributed by atoms with E-state index in [-0.39, 0.29) is 11.4 Å². The van der Waals surface area contributed by atoms with Crippen LogP contribution in [-0.2, 0) is 21.4 Å². The summed E-state index contributed by atoms with van der Waals surface area (Å²) < 4.78 is 37.1. The molecule has 27 heavy (non-hydrogen) atoms. The van der Waals surface area contributed by atoms with Gasteiger partial charge in [-0.1, -0.05) is 18.2 Å². The molecule has 0 fully saturated rings. The molecule has 8 nitrogen and oxygen atoms in total. The van der Waals surface area contributed by atoms with Crippen molar-refractivity contribution in [2.75, 3.05) is 6.54 Å². The molecule has 1 amide bonds. The van der Waals surface area contributed by atoms with Gasteiger partial charge in [0.1, 0.15) is 11.5 Å². The molecule has 0 aliphatic heterocycles. The van der Waals surface area contributed by atoms with E-state index < -0.39 is 22.5 Å². The fourth-order valence-corrected chi connectivity index (χ4v) is 3.66. The summed E-state index contributed by atoms with van der Waals surface area (Å²) in [4.78, 5) is 12.3. The number of rotatable bonds is 8. The van der Waals surface area contributed by atoms with Crippen LogP contribution in [0.15, 0.2) is 86.0 Å². The molecular weight excluding hydrogens is 370 g/mol. The van der Waals surface area contributed by atoms with Gasteiger partial charge in [-0.3, -0.25) is 4.79 Å². The smallest absolute Gasteiger partial charge is 0.255 e. The lowest BCUT2D eigenvalue weighted by Gasteiger charge is -2.20. The van der Waals surface area contributed by atoms with Crippen LogP contribution in [0.5, 0.6) is 0 Å². The molecule has 2 aromatic heterocycles. The van der Waals surface area contributed by atoms with Crippen molar-refractivity contribution < 1.29 is 22.0 Å². The van der Waals surface area contributed by atoms with Crippen LogP contribution < -0.4 is 5.43 Å². The number of hydrazone groups is 1. The zero-order valence-electron chi connectivity index (χ0n) is 14.2. The van der Waals surface area contributed by atoms with Crippen molar-refractivity contribution in [2.24, 2.45) is 5.10 Å². The van der Waals surface area contributed by atoms with E-state index in [1.165, 1.54) is 30.9 Å². The molecule has 1 aromatic carbocycles. The molecule has 0 atom stereocenters. The summed E-state index contributed by atoms with van der Waals surface area (Å²) >= 11 is 0. The highest BCUT2D eigenvalue weighted by Crippen LogP contribution is 2.18. The third kappa shape index (κ3) is 4.93. The lowest BCUT2D eigenvalue weighted by Crippen LogP contribution is -2.38. The van der Waals surface area contributed by atoms with Crippen LogP contribution in [0.4, 0.5) is 0 Å². The first-order chi connectivity index (χ1) is 13.1. The third-order valence-corrected chi connectivity index (χ3v) is 5.34. The Morgan fingerprint density at radius 1 is 1.04 bits per heavy atom. The minimum absolute atomic E-state index is 0.0838. The van der Waals surface area contributed by atoms with Gasteiger partial charge in [0.05, 0.1) is 36.7 Å². The Balaban J connectivity index is 1.74. The molecule has 0 bridgehead atoms. The zero-order chi connectivity index (χ0) is 19.1. The van der Waals surface area contributed by atoms with Crippen molar-refractivity contribution in [1.82, 2.24) is 9.73 Å². The number of hydrogen-bond donors (Lipinski definition) is 1. The summed E-state index contributed by atoms with van der Waals surface area (Å²) in [5, 5.41) is 3.76. The van der Waals surface area contributed by atoms with Gasteiger partial charge >= 0.3 is 0 Å². The van der Waals surface area contributed by atoms with E-state index in [1.807, 2.05) is 0 Å². The van der Waals surface area contributed by atoms with Crippen molar-refractivity contribution in [3.63, 3.8) is 0 Å². The minimum atomic E-state index is -3.90.